The lowest BCUT2D eigenvalue weighted by Crippen LogP contribution is -2.47. The van der Waals surface area contributed by atoms with Gasteiger partial charge in [-0.2, -0.15) is 5.06 Å². The molecule has 6 aliphatic rings. The predicted octanol–water partition coefficient (Wildman–Crippen LogP) is 5.31. The van der Waals surface area contributed by atoms with E-state index in [0.29, 0.717) is 11.8 Å². The number of fused-ring (bicyclic) bond motifs is 4. The Labute approximate surface area is 215 Å². The first-order valence-electron chi connectivity index (χ1n) is 14.3. The minimum absolute atomic E-state index is 0.0720. The van der Waals surface area contributed by atoms with Gasteiger partial charge in [-0.3, -0.25) is 9.59 Å². The van der Waals surface area contributed by atoms with Crippen LogP contribution in [0.3, 0.4) is 0 Å². The zero-order valence-electron chi connectivity index (χ0n) is 22.0. The zero-order chi connectivity index (χ0) is 25.4. The number of rotatable bonds is 4. The van der Waals surface area contributed by atoms with Gasteiger partial charge in [-0.25, -0.2) is 0 Å². The third-order valence-corrected chi connectivity index (χ3v) is 11.5. The van der Waals surface area contributed by atoms with Crippen LogP contribution in [-0.4, -0.2) is 47.5 Å². The van der Waals surface area contributed by atoms with Gasteiger partial charge in [0, 0.05) is 24.9 Å². The molecule has 6 rings (SSSR count). The highest BCUT2D eigenvalue weighted by Crippen LogP contribution is 2.58. The van der Waals surface area contributed by atoms with Crippen molar-refractivity contribution >= 4 is 11.9 Å². The van der Waals surface area contributed by atoms with Crippen molar-refractivity contribution in [3.63, 3.8) is 0 Å². The van der Waals surface area contributed by atoms with E-state index in [1.165, 1.54) is 16.2 Å². The number of carbonyl (C=O) groups is 2. The Balaban J connectivity index is 1.13. The largest absolute Gasteiger partial charge is 0.462 e. The van der Waals surface area contributed by atoms with Crippen molar-refractivity contribution < 1.29 is 24.3 Å². The van der Waals surface area contributed by atoms with E-state index in [-0.39, 0.29) is 71.7 Å². The summed E-state index contributed by atoms with van der Waals surface area (Å²) in [4.78, 5) is 25.9. The number of ether oxygens (including phenoxy) is 2. The van der Waals surface area contributed by atoms with Crippen molar-refractivity contribution in [1.29, 1.82) is 0 Å². The van der Waals surface area contributed by atoms with Crippen LogP contribution in [0.2, 0.25) is 0 Å². The topological polar surface area (TPSA) is 76.1 Å². The van der Waals surface area contributed by atoms with Crippen molar-refractivity contribution in [3.8, 4) is 0 Å². The maximum atomic E-state index is 12.9. The van der Waals surface area contributed by atoms with E-state index in [4.69, 9.17) is 9.47 Å². The lowest BCUT2D eigenvalue weighted by atomic mass is 9.55. The maximum absolute atomic E-state index is 12.9. The summed E-state index contributed by atoms with van der Waals surface area (Å²) in [5, 5.41) is 12.3. The minimum atomic E-state index is -0.361. The quantitative estimate of drug-likeness (QED) is 0.322. The summed E-state index contributed by atoms with van der Waals surface area (Å²) < 4.78 is 11.8. The highest BCUT2D eigenvalue weighted by Gasteiger charge is 2.57. The maximum Gasteiger partial charge on any atom is 0.311 e. The number of hydrogen-bond donors (Lipinski definition) is 1. The van der Waals surface area contributed by atoms with Gasteiger partial charge in [0.15, 0.2) is 0 Å². The molecule has 198 valence electrons. The standard InChI is InChI=1S/C30H43NO5/c1-17-7-5-9-29(3)13-25-19(11-23(17)29)21(27(32)35-25)15-31(34)16-22-20-12-24-18(2)8-6-10-30(24,4)14-26(20)36-28(22)33/h19-26,34H,1-2,5-16H2,3-4H3/t19-,20-,21+,22+,23-,24+,25-,26-,29+,30-/m0/s1. The third-order valence-electron chi connectivity index (χ3n) is 11.5. The first kappa shape index (κ1) is 24.7. The van der Waals surface area contributed by atoms with Crippen LogP contribution in [0.4, 0.5) is 0 Å². The Morgan fingerprint density at radius 2 is 1.25 bits per heavy atom. The van der Waals surface area contributed by atoms with Gasteiger partial charge in [0.1, 0.15) is 12.2 Å². The van der Waals surface area contributed by atoms with E-state index in [9.17, 15) is 14.8 Å². The van der Waals surface area contributed by atoms with Crippen molar-refractivity contribution in [3.05, 3.63) is 24.3 Å². The molecule has 0 bridgehead atoms. The minimum Gasteiger partial charge on any atom is -0.462 e. The van der Waals surface area contributed by atoms with E-state index in [0.717, 1.165) is 64.2 Å². The molecule has 1 N–H and O–H groups in total. The van der Waals surface area contributed by atoms with Gasteiger partial charge in [0.25, 0.3) is 0 Å². The molecule has 2 heterocycles. The summed E-state index contributed by atoms with van der Waals surface area (Å²) in [6.07, 6.45) is 10.2. The third kappa shape index (κ3) is 3.89. The summed E-state index contributed by atoms with van der Waals surface area (Å²) in [7, 11) is 0. The van der Waals surface area contributed by atoms with Crippen LogP contribution >= 0.6 is 0 Å². The fourth-order valence-corrected chi connectivity index (χ4v) is 9.46. The van der Waals surface area contributed by atoms with Gasteiger partial charge in [0.05, 0.1) is 11.8 Å². The van der Waals surface area contributed by atoms with Gasteiger partial charge < -0.3 is 14.7 Å². The van der Waals surface area contributed by atoms with Crippen molar-refractivity contribution in [2.75, 3.05) is 13.1 Å². The fourth-order valence-electron chi connectivity index (χ4n) is 9.46. The number of allylic oxidation sites excluding steroid dienone is 2. The zero-order valence-corrected chi connectivity index (χ0v) is 22.0. The van der Waals surface area contributed by atoms with E-state index in [1.54, 1.807) is 0 Å². The number of nitrogens with zero attached hydrogens (tertiary/aromatic N) is 1. The van der Waals surface area contributed by atoms with E-state index >= 15 is 0 Å². The second-order valence-electron chi connectivity index (χ2n) is 13.7. The van der Waals surface area contributed by atoms with Gasteiger partial charge in [-0.05, 0) is 86.9 Å². The molecule has 36 heavy (non-hydrogen) atoms. The highest BCUT2D eigenvalue weighted by atomic mass is 16.6. The van der Waals surface area contributed by atoms with Crippen molar-refractivity contribution in [2.45, 2.75) is 90.3 Å². The lowest BCUT2D eigenvalue weighted by Gasteiger charge is -2.50. The Hall–Kier alpha value is -1.66. The van der Waals surface area contributed by atoms with Gasteiger partial charge in [-0.15, -0.1) is 0 Å². The number of hydroxylamine groups is 2. The molecule has 2 aliphatic heterocycles. The first-order chi connectivity index (χ1) is 17.1. The molecule has 6 nitrogen and oxygen atoms in total. The SMILES string of the molecule is C=C1CCC[C@@]2(C)C[C@@H]3OC(=O)[C@H](CN(O)C[C@H]4C(=O)O[C@H]5C[C@@]6(C)CCCC(=C)[C@@H]6C[C@H]54)[C@@H]3C[C@H]12. The fraction of sp³-hybridized carbons (Fsp3) is 0.800. The molecular weight excluding hydrogens is 454 g/mol. The van der Waals surface area contributed by atoms with E-state index in [1.807, 2.05) is 0 Å². The van der Waals surface area contributed by atoms with Gasteiger partial charge in [0.2, 0.25) is 0 Å². The molecule has 4 aliphatic carbocycles. The molecular formula is C30H43NO5. The summed E-state index contributed by atoms with van der Waals surface area (Å²) in [5.41, 5.74) is 2.95. The summed E-state index contributed by atoms with van der Waals surface area (Å²) in [6.45, 7) is 13.8. The van der Waals surface area contributed by atoms with Crippen LogP contribution in [-0.2, 0) is 19.1 Å². The molecule has 0 aromatic carbocycles. The molecule has 6 heteroatoms. The normalized spacial score (nSPS) is 48.1. The average molecular weight is 498 g/mol. The van der Waals surface area contributed by atoms with E-state index < -0.39 is 0 Å². The monoisotopic (exact) mass is 497 g/mol. The highest BCUT2D eigenvalue weighted by molar-refractivity contribution is 5.76. The first-order valence-corrected chi connectivity index (χ1v) is 14.3. The summed E-state index contributed by atoms with van der Waals surface area (Å²) in [6, 6.07) is 0. The molecule has 0 aromatic rings. The lowest BCUT2D eigenvalue weighted by molar-refractivity contribution is -0.155. The van der Waals surface area contributed by atoms with Crippen LogP contribution < -0.4 is 0 Å². The number of hydrogen-bond acceptors (Lipinski definition) is 6. The second kappa shape index (κ2) is 8.69. The molecule has 6 fully saturated rings. The second-order valence-corrected chi connectivity index (χ2v) is 13.7. The molecule has 0 aromatic heterocycles. The summed E-state index contributed by atoms with van der Waals surface area (Å²) >= 11 is 0. The van der Waals surface area contributed by atoms with Crippen molar-refractivity contribution in [2.24, 2.45) is 46.3 Å². The summed E-state index contributed by atoms with van der Waals surface area (Å²) in [5.74, 6) is -0.0784. The Morgan fingerprint density at radius 1 is 0.833 bits per heavy atom. The van der Waals surface area contributed by atoms with Gasteiger partial charge >= 0.3 is 11.9 Å². The average Bonchev–Trinajstić information content (AvgIpc) is 3.25. The van der Waals surface area contributed by atoms with Crippen molar-refractivity contribution in [1.82, 2.24) is 5.06 Å². The Morgan fingerprint density at radius 3 is 1.67 bits per heavy atom. The number of esters is 2. The smallest absolute Gasteiger partial charge is 0.311 e. The van der Waals surface area contributed by atoms with Gasteiger partial charge in [-0.1, -0.05) is 38.2 Å². The molecule has 10 atom stereocenters. The molecule has 0 unspecified atom stereocenters. The number of carbonyl (C=O) groups excluding carboxylic acids is 2. The molecule has 2 saturated heterocycles. The van der Waals surface area contributed by atoms with Crippen LogP contribution in [0.25, 0.3) is 0 Å². The molecule has 4 saturated carbocycles. The van der Waals surface area contributed by atoms with Crippen LogP contribution in [0.1, 0.15) is 78.1 Å². The molecule has 0 radical (unpaired) electrons. The van der Waals surface area contributed by atoms with Crippen LogP contribution in [0.5, 0.6) is 0 Å². The molecule has 0 amide bonds. The molecule has 0 spiro atoms. The van der Waals surface area contributed by atoms with Crippen LogP contribution in [0, 0.1) is 46.3 Å². The Bertz CT molecular complexity index is 900. The van der Waals surface area contributed by atoms with E-state index in [2.05, 4.69) is 27.0 Å². The van der Waals surface area contributed by atoms with Crippen LogP contribution in [0.15, 0.2) is 24.3 Å². The Kier molecular flexibility index (Phi) is 5.95. The predicted molar refractivity (Wildman–Crippen MR) is 135 cm³/mol.